The Labute approximate surface area is 460 Å². The first-order chi connectivity index (χ1) is 35.9. The minimum Gasteiger partial charge on any atom is -0.394 e. The number of hydrogen-bond acceptors (Lipinski definition) is 15. The molecular weight excluding hydrogens is 1150 g/mol. The first-order valence-corrected chi connectivity index (χ1v) is 31.9. The van der Waals surface area contributed by atoms with Gasteiger partial charge in [-0.2, -0.15) is 9.90 Å². The van der Waals surface area contributed by atoms with Crippen molar-refractivity contribution in [1.29, 1.82) is 0 Å². The molecule has 410 valence electrons. The highest BCUT2D eigenvalue weighted by Gasteiger charge is 2.51. The van der Waals surface area contributed by atoms with Gasteiger partial charge in [-0.1, -0.05) is 86.1 Å². The van der Waals surface area contributed by atoms with Gasteiger partial charge in [0, 0.05) is 93.4 Å². The lowest BCUT2D eigenvalue weighted by Gasteiger charge is -2.46. The first-order valence-electron chi connectivity index (χ1n) is 22.3. The summed E-state index contributed by atoms with van der Waals surface area (Å²) >= 11 is 2.71. The lowest BCUT2D eigenvalue weighted by molar-refractivity contribution is -0.127. The molecule has 27 heteroatoms. The number of benzene rings is 4. The molecule has 9 rings (SSSR count). The zero-order valence-electron chi connectivity index (χ0n) is 40.9. The van der Waals surface area contributed by atoms with E-state index in [4.69, 9.17) is 27.1 Å². The van der Waals surface area contributed by atoms with Crippen molar-refractivity contribution in [2.45, 2.75) is 36.1 Å². The van der Waals surface area contributed by atoms with E-state index < -0.39 is 61.9 Å². The highest BCUT2D eigenvalue weighted by Crippen LogP contribution is 2.48. The summed E-state index contributed by atoms with van der Waals surface area (Å²) in [7, 11) is 2.33. The molecule has 5 aromatic rings. The Hall–Kier alpha value is -4.23. The van der Waals surface area contributed by atoms with E-state index in [9.17, 15) is 41.3 Å². The Kier molecular flexibility index (Phi) is 29.5. The second-order valence-electron chi connectivity index (χ2n) is 16.3. The number of carbonyl (C=O) groups excluding carboxylic acids is 3. The molecule has 3 unspecified atom stereocenters. The number of aldehydes is 1. The Morgan fingerprint density at radius 3 is 1.46 bits per heavy atom. The zero-order chi connectivity index (χ0) is 55.0. The summed E-state index contributed by atoms with van der Waals surface area (Å²) in [6.07, 6.45) is 7.42. The Bertz CT molecular complexity index is 2830. The van der Waals surface area contributed by atoms with Gasteiger partial charge in [0.05, 0.1) is 25.9 Å². The number of amides is 2. The van der Waals surface area contributed by atoms with Gasteiger partial charge in [-0.15, -0.1) is 30.5 Å². The predicted octanol–water partition coefficient (Wildman–Crippen LogP) is 7.76. The molecule has 4 aliphatic rings. The van der Waals surface area contributed by atoms with Crippen molar-refractivity contribution in [2.24, 2.45) is 21.8 Å². The van der Waals surface area contributed by atoms with Crippen LogP contribution >= 0.6 is 59.2 Å². The van der Waals surface area contributed by atoms with Gasteiger partial charge in [-0.3, -0.25) is 18.8 Å². The lowest BCUT2D eigenvalue weighted by Crippen LogP contribution is -2.51. The van der Waals surface area contributed by atoms with Crippen LogP contribution in [0.4, 0.5) is 17.6 Å². The fourth-order valence-corrected chi connectivity index (χ4v) is 10.2. The number of fused-ring (bicyclic) bond motifs is 2. The third kappa shape index (κ3) is 20.2. The molecule has 15 nitrogen and oxygen atoms in total. The molecular formula is C49H57F4N5O10P4S4. The maximum Gasteiger partial charge on any atom is 0.425 e. The first kappa shape index (κ1) is 66.1. The second-order valence-corrected chi connectivity index (χ2v) is 24.5. The molecule has 1 aromatic heterocycles. The van der Waals surface area contributed by atoms with Crippen LogP contribution in [0.3, 0.4) is 0 Å². The van der Waals surface area contributed by atoms with Gasteiger partial charge in [0.1, 0.15) is 46.7 Å². The van der Waals surface area contributed by atoms with Crippen LogP contribution in [-0.4, -0.2) is 111 Å². The Morgan fingerprint density at radius 1 is 0.711 bits per heavy atom. The summed E-state index contributed by atoms with van der Waals surface area (Å²) in [4.78, 5) is 49.4. The molecule has 2 amide bonds. The van der Waals surface area contributed by atoms with E-state index in [1.165, 1.54) is 47.8 Å². The summed E-state index contributed by atoms with van der Waals surface area (Å²) in [6, 6.07) is 29.9. The number of rotatable bonds is 6. The predicted molar refractivity (Wildman–Crippen MR) is 305 cm³/mol. The summed E-state index contributed by atoms with van der Waals surface area (Å²) in [5, 5.41) is 15.7. The van der Waals surface area contributed by atoms with Gasteiger partial charge in [0.25, 0.3) is 11.8 Å². The number of aliphatic imine (C=N–C) groups is 2. The number of thioether (sulfide) groups is 2. The van der Waals surface area contributed by atoms with Crippen molar-refractivity contribution >= 4 is 109 Å². The van der Waals surface area contributed by atoms with Gasteiger partial charge < -0.3 is 30.0 Å². The Morgan fingerprint density at radius 2 is 1.11 bits per heavy atom. The number of amidine groups is 2. The average molecular weight is 1200 g/mol. The molecule has 9 atom stereocenters. The number of aromatic nitrogens is 1. The molecule has 0 spiro atoms. The molecule has 5 heterocycles. The van der Waals surface area contributed by atoms with Crippen molar-refractivity contribution in [3.63, 3.8) is 0 Å². The van der Waals surface area contributed by atoms with E-state index in [1.807, 2.05) is 30.3 Å². The summed E-state index contributed by atoms with van der Waals surface area (Å²) in [6.45, 7) is -0.129. The van der Waals surface area contributed by atoms with Crippen molar-refractivity contribution in [2.75, 3.05) is 43.8 Å². The van der Waals surface area contributed by atoms with Crippen LogP contribution in [0.1, 0.15) is 44.7 Å². The molecule has 3 N–H and O–H groups in total. The SMILES string of the molecule is CS(C)=O.O=C(NC1=N[C@@]2(c3ccc(F)cc3F)CO[C@@H](CO)C[C@H]2CS1)c1ccccc1.O=C[C@H]1C[C@H]2CSC(NC(=O)c3ccccc3)=N[C@@]2(c2ccc(F)cc2F)CO1.O=S(=O)=O.P.PPP.c1ccncc1. The molecule has 76 heavy (non-hydrogen) atoms. The third-order valence-corrected chi connectivity index (χ3v) is 13.2. The third-order valence-electron chi connectivity index (χ3n) is 11.1. The highest BCUT2D eigenvalue weighted by molar-refractivity contribution is 8.33. The number of halogens is 4. The zero-order valence-corrected chi connectivity index (χ0v) is 48.9. The number of aliphatic hydroxyl groups excluding tert-OH is 1. The van der Waals surface area contributed by atoms with Gasteiger partial charge in [-0.05, 0) is 61.4 Å². The number of nitrogens with zero attached hydrogens (tertiary/aromatic N) is 3. The highest BCUT2D eigenvalue weighted by atomic mass is 32.4. The fraction of sp³-hybridized carbons (Fsp3) is 0.306. The summed E-state index contributed by atoms with van der Waals surface area (Å²) in [5.41, 5.74) is -0.844. The maximum atomic E-state index is 14.7. The van der Waals surface area contributed by atoms with Crippen molar-refractivity contribution in [3.05, 3.63) is 173 Å². The van der Waals surface area contributed by atoms with Gasteiger partial charge >= 0.3 is 10.6 Å². The van der Waals surface area contributed by atoms with Crippen LogP contribution < -0.4 is 10.6 Å². The van der Waals surface area contributed by atoms with Crippen LogP contribution in [0, 0.1) is 35.1 Å². The van der Waals surface area contributed by atoms with E-state index in [-0.39, 0.29) is 70.6 Å². The molecule has 4 aliphatic heterocycles. The lowest BCUT2D eigenvalue weighted by atomic mass is 9.75. The second kappa shape index (κ2) is 33.9. The molecule has 0 bridgehead atoms. The van der Waals surface area contributed by atoms with Crippen molar-refractivity contribution < 1.29 is 63.4 Å². The van der Waals surface area contributed by atoms with Gasteiger partial charge in [0.15, 0.2) is 10.3 Å². The molecule has 0 radical (unpaired) electrons. The largest absolute Gasteiger partial charge is 0.425 e. The molecule has 0 saturated carbocycles. The maximum absolute atomic E-state index is 14.7. The number of hydrogen-bond donors (Lipinski definition) is 3. The average Bonchev–Trinajstić information content (AvgIpc) is 3.39. The van der Waals surface area contributed by atoms with Crippen LogP contribution in [0.25, 0.3) is 0 Å². The number of ether oxygens (including phenoxy) is 2. The van der Waals surface area contributed by atoms with E-state index in [0.29, 0.717) is 45.8 Å². The summed E-state index contributed by atoms with van der Waals surface area (Å²) < 4.78 is 103. The van der Waals surface area contributed by atoms with Gasteiger partial charge in [-0.25, -0.2) is 27.5 Å². The monoisotopic (exact) mass is 1200 g/mol. The molecule has 4 aromatic carbocycles. The number of nitrogens with one attached hydrogen (secondary N) is 2. The Balaban J connectivity index is 0.000000304. The van der Waals surface area contributed by atoms with E-state index in [0.717, 1.165) is 26.4 Å². The fourth-order valence-electron chi connectivity index (χ4n) is 7.86. The number of pyridine rings is 1. The minimum atomic E-state index is -3.11. The van der Waals surface area contributed by atoms with E-state index in [2.05, 4.69) is 38.5 Å². The van der Waals surface area contributed by atoms with Crippen LogP contribution in [0.2, 0.25) is 0 Å². The number of aliphatic hydroxyl groups is 1. The van der Waals surface area contributed by atoms with E-state index >= 15 is 0 Å². The normalized spacial score (nSPS) is 21.7. The molecule has 0 aliphatic carbocycles. The van der Waals surface area contributed by atoms with Crippen molar-refractivity contribution in [3.8, 4) is 0 Å². The topological polar surface area (TPSA) is 220 Å². The molecule has 2 fully saturated rings. The van der Waals surface area contributed by atoms with Gasteiger partial charge in [0.2, 0.25) is 0 Å². The molecule has 2 saturated heterocycles. The quantitative estimate of drug-likeness (QED) is 0.0842. The van der Waals surface area contributed by atoms with Crippen molar-refractivity contribution in [1.82, 2.24) is 15.6 Å². The smallest absolute Gasteiger partial charge is 0.394 e. The standard InChI is InChI=1S/C21H20F2N2O3S.C21H18F2N2O3S.C5H5N.C2H6OS.O3S.H5P3.H3P/c2*22-15-6-7-17(18(23)9-15)21-12-28-16(10-26)8-14(21)11-29-20(25-21)24-19(27)13-4-2-1-3-5-13;1-2-4-6-5-3-1;2*1-4(2)3;1-3-2;/h1-7,9,14,16,26H,8,10-12H2,(H,24,25,27);1-7,9-10,14,16H,8,11-12H2,(H,24,25,27);1-5H;1-2H3;;3H,1-2H2;1H3/t2*14-,16+,21-;;;;;/m00...../s1. The number of carbonyl (C=O) groups is 3. The minimum absolute atomic E-state index is 0. The van der Waals surface area contributed by atoms with Crippen LogP contribution in [-0.2, 0) is 46.8 Å². The summed E-state index contributed by atoms with van der Waals surface area (Å²) in [5.74, 6) is -2.68. The van der Waals surface area contributed by atoms with E-state index in [1.54, 1.807) is 73.4 Å². The van der Waals surface area contributed by atoms with Crippen LogP contribution in [0.5, 0.6) is 0 Å². The van der Waals surface area contributed by atoms with Crippen LogP contribution in [0.15, 0.2) is 138 Å².